The maximum atomic E-state index is 9.34. The Morgan fingerprint density at radius 1 is 1.36 bits per heavy atom. The van der Waals surface area contributed by atoms with Crippen LogP contribution < -0.4 is 4.74 Å². The zero-order valence-corrected chi connectivity index (χ0v) is 9.08. The van der Waals surface area contributed by atoms with Gasteiger partial charge < -0.3 is 9.84 Å². The molecule has 0 amide bonds. The second kappa shape index (κ2) is 3.46. The molecule has 3 nitrogen and oxygen atoms in total. The molecule has 1 heterocycles. The molecule has 0 aliphatic carbocycles. The first-order chi connectivity index (χ1) is 6.72. The number of ether oxygens (including phenoxy) is 1. The smallest absolute Gasteiger partial charge is 0.221 e. The Kier molecular flexibility index (Phi) is 2.29. The van der Waals surface area contributed by atoms with E-state index in [9.17, 15) is 5.11 Å². The lowest BCUT2D eigenvalue weighted by Crippen LogP contribution is -1.89. The van der Waals surface area contributed by atoms with Gasteiger partial charge in [-0.05, 0) is 34.1 Å². The Bertz CT molecular complexity index is 485. The van der Waals surface area contributed by atoms with Crippen molar-refractivity contribution in [1.82, 2.24) is 4.98 Å². The predicted molar refractivity (Wildman–Crippen MR) is 57.7 cm³/mol. The van der Waals surface area contributed by atoms with Gasteiger partial charge in [-0.25, -0.2) is 4.98 Å². The second-order valence-corrected chi connectivity index (χ2v) is 3.70. The van der Waals surface area contributed by atoms with E-state index in [1.807, 2.05) is 6.07 Å². The van der Waals surface area contributed by atoms with Crippen molar-refractivity contribution in [2.24, 2.45) is 0 Å². The maximum absolute atomic E-state index is 9.34. The zero-order valence-electron chi connectivity index (χ0n) is 7.49. The highest BCUT2D eigenvalue weighted by Gasteiger charge is 2.06. The van der Waals surface area contributed by atoms with Gasteiger partial charge in [0.25, 0.3) is 0 Å². The summed E-state index contributed by atoms with van der Waals surface area (Å²) >= 11 is 3.39. The summed E-state index contributed by atoms with van der Waals surface area (Å²) in [4.78, 5) is 4.09. The van der Waals surface area contributed by atoms with Gasteiger partial charge in [-0.3, -0.25) is 0 Å². The fourth-order valence-corrected chi connectivity index (χ4v) is 1.78. The Hall–Kier alpha value is -1.29. The topological polar surface area (TPSA) is 42.4 Å². The number of hydrogen-bond donors (Lipinski definition) is 1. The van der Waals surface area contributed by atoms with Crippen LogP contribution >= 0.6 is 15.9 Å². The molecule has 0 spiro atoms. The fourth-order valence-electron chi connectivity index (χ4n) is 1.33. The minimum absolute atomic E-state index is 0.204. The van der Waals surface area contributed by atoms with E-state index in [1.54, 1.807) is 25.4 Å². The van der Waals surface area contributed by atoms with Crippen molar-refractivity contribution in [2.75, 3.05) is 7.11 Å². The molecule has 0 radical (unpaired) electrons. The van der Waals surface area contributed by atoms with E-state index < -0.39 is 0 Å². The normalized spacial score (nSPS) is 10.4. The third-order valence-electron chi connectivity index (χ3n) is 1.98. The Balaban J connectivity index is 2.85. The number of phenols is 1. The number of benzene rings is 1. The van der Waals surface area contributed by atoms with Crippen molar-refractivity contribution in [2.45, 2.75) is 0 Å². The third kappa shape index (κ3) is 1.42. The molecule has 0 unspecified atom stereocenters. The Labute approximate surface area is 89.5 Å². The number of methoxy groups -OCH3 is 1. The van der Waals surface area contributed by atoms with Crippen molar-refractivity contribution in [3.8, 4) is 11.6 Å². The summed E-state index contributed by atoms with van der Waals surface area (Å²) < 4.78 is 5.98. The molecule has 0 saturated heterocycles. The largest absolute Gasteiger partial charge is 0.508 e. The number of fused-ring (bicyclic) bond motifs is 1. The van der Waals surface area contributed by atoms with Crippen LogP contribution in [0.1, 0.15) is 0 Å². The van der Waals surface area contributed by atoms with Crippen LogP contribution in [-0.4, -0.2) is 17.2 Å². The molecule has 1 aromatic carbocycles. The molecule has 0 aliphatic rings. The van der Waals surface area contributed by atoms with Gasteiger partial charge in [0.15, 0.2) is 0 Å². The highest BCUT2D eigenvalue weighted by molar-refractivity contribution is 9.10. The second-order valence-electron chi connectivity index (χ2n) is 2.85. The number of phenolic OH excluding ortho intramolecular Hbond substituents is 1. The monoisotopic (exact) mass is 253 g/mol. The van der Waals surface area contributed by atoms with Gasteiger partial charge in [-0.15, -0.1) is 0 Å². The summed E-state index contributed by atoms with van der Waals surface area (Å²) in [5.41, 5.74) is 0. The summed E-state index contributed by atoms with van der Waals surface area (Å²) in [5, 5.41) is 11.1. The molecular formula is C10H8BrNO2. The van der Waals surface area contributed by atoms with Gasteiger partial charge in [0.2, 0.25) is 5.88 Å². The van der Waals surface area contributed by atoms with Crippen LogP contribution in [0.25, 0.3) is 10.8 Å². The van der Waals surface area contributed by atoms with Crippen LogP contribution in [0, 0.1) is 0 Å². The van der Waals surface area contributed by atoms with Gasteiger partial charge in [-0.2, -0.15) is 0 Å². The van der Waals surface area contributed by atoms with Gasteiger partial charge in [0.1, 0.15) is 5.75 Å². The molecule has 0 saturated carbocycles. The molecule has 1 aromatic heterocycles. The number of nitrogens with zero attached hydrogens (tertiary/aromatic N) is 1. The molecule has 0 atom stereocenters. The standard InChI is InChI=1S/C10H8BrNO2/c1-14-10-8-4-6(13)2-3-7(8)9(11)5-12-10/h2-5,13H,1H3. The maximum Gasteiger partial charge on any atom is 0.221 e. The summed E-state index contributed by atoms with van der Waals surface area (Å²) in [6.45, 7) is 0. The van der Waals surface area contributed by atoms with Crippen molar-refractivity contribution >= 4 is 26.7 Å². The highest BCUT2D eigenvalue weighted by atomic mass is 79.9. The van der Waals surface area contributed by atoms with Crippen molar-refractivity contribution in [3.05, 3.63) is 28.9 Å². The lowest BCUT2D eigenvalue weighted by atomic mass is 10.1. The molecule has 4 heteroatoms. The van der Waals surface area contributed by atoms with E-state index in [-0.39, 0.29) is 5.75 Å². The molecule has 14 heavy (non-hydrogen) atoms. The molecule has 0 aliphatic heterocycles. The number of halogens is 1. The Morgan fingerprint density at radius 3 is 2.86 bits per heavy atom. The lowest BCUT2D eigenvalue weighted by Gasteiger charge is -2.05. The predicted octanol–water partition coefficient (Wildman–Crippen LogP) is 2.71. The van der Waals surface area contributed by atoms with E-state index in [0.29, 0.717) is 5.88 Å². The van der Waals surface area contributed by atoms with E-state index in [1.165, 1.54) is 0 Å². The van der Waals surface area contributed by atoms with Crippen LogP contribution in [0.5, 0.6) is 11.6 Å². The van der Waals surface area contributed by atoms with Crippen LogP contribution in [0.2, 0.25) is 0 Å². The minimum Gasteiger partial charge on any atom is -0.508 e. The first kappa shape index (κ1) is 9.27. The van der Waals surface area contributed by atoms with Gasteiger partial charge in [0, 0.05) is 21.4 Å². The van der Waals surface area contributed by atoms with Gasteiger partial charge in [-0.1, -0.05) is 0 Å². The van der Waals surface area contributed by atoms with Gasteiger partial charge in [0.05, 0.1) is 7.11 Å². The molecule has 0 bridgehead atoms. The van der Waals surface area contributed by atoms with E-state index in [2.05, 4.69) is 20.9 Å². The summed E-state index contributed by atoms with van der Waals surface area (Å²) in [7, 11) is 1.56. The van der Waals surface area contributed by atoms with E-state index >= 15 is 0 Å². The van der Waals surface area contributed by atoms with Crippen LogP contribution in [0.15, 0.2) is 28.9 Å². The quantitative estimate of drug-likeness (QED) is 0.850. The van der Waals surface area contributed by atoms with Crippen molar-refractivity contribution in [3.63, 3.8) is 0 Å². The summed E-state index contributed by atoms with van der Waals surface area (Å²) in [6, 6.07) is 5.08. The molecule has 0 fully saturated rings. The number of hydrogen-bond acceptors (Lipinski definition) is 3. The minimum atomic E-state index is 0.204. The molecule has 2 rings (SSSR count). The zero-order chi connectivity index (χ0) is 10.1. The van der Waals surface area contributed by atoms with Crippen LogP contribution in [-0.2, 0) is 0 Å². The van der Waals surface area contributed by atoms with Crippen LogP contribution in [0.3, 0.4) is 0 Å². The van der Waals surface area contributed by atoms with Gasteiger partial charge >= 0.3 is 0 Å². The highest BCUT2D eigenvalue weighted by Crippen LogP contribution is 2.31. The number of aromatic hydroxyl groups is 1. The molecule has 2 aromatic rings. The molecular weight excluding hydrogens is 246 g/mol. The van der Waals surface area contributed by atoms with E-state index in [4.69, 9.17) is 4.74 Å². The average molecular weight is 254 g/mol. The third-order valence-corrected chi connectivity index (χ3v) is 2.61. The summed E-state index contributed by atoms with van der Waals surface area (Å²) in [5.74, 6) is 0.717. The number of rotatable bonds is 1. The Morgan fingerprint density at radius 2 is 2.14 bits per heavy atom. The fraction of sp³-hybridized carbons (Fsp3) is 0.100. The number of aromatic nitrogens is 1. The van der Waals surface area contributed by atoms with Crippen LogP contribution in [0.4, 0.5) is 0 Å². The SMILES string of the molecule is COc1ncc(Br)c2ccc(O)cc12. The lowest BCUT2D eigenvalue weighted by molar-refractivity contribution is 0.403. The average Bonchev–Trinajstić information content (AvgIpc) is 2.18. The number of pyridine rings is 1. The van der Waals surface area contributed by atoms with E-state index in [0.717, 1.165) is 15.2 Å². The van der Waals surface area contributed by atoms with Crippen molar-refractivity contribution < 1.29 is 9.84 Å². The van der Waals surface area contributed by atoms with Crippen molar-refractivity contribution in [1.29, 1.82) is 0 Å². The first-order valence-corrected chi connectivity index (χ1v) is 4.83. The molecule has 1 N–H and O–H groups in total. The molecule has 72 valence electrons. The first-order valence-electron chi connectivity index (χ1n) is 4.03. The summed E-state index contributed by atoms with van der Waals surface area (Å²) in [6.07, 6.45) is 1.68.